The van der Waals surface area contributed by atoms with Crippen LogP contribution in [-0.2, 0) is 5.41 Å². The zero-order valence-electron chi connectivity index (χ0n) is 19.2. The van der Waals surface area contributed by atoms with Gasteiger partial charge in [0.2, 0.25) is 0 Å². The van der Waals surface area contributed by atoms with E-state index >= 15 is 0 Å². The van der Waals surface area contributed by atoms with Crippen LogP contribution in [0, 0.1) is 5.41 Å². The Balaban J connectivity index is 1.57. The van der Waals surface area contributed by atoms with Crippen LogP contribution in [0.4, 0.5) is 0 Å². The van der Waals surface area contributed by atoms with Crippen molar-refractivity contribution in [2.75, 3.05) is 13.4 Å². The SMILES string of the molecule is COc1cc2c(O)cc3c(c2cc1SC)-c1ccccc1C31CCC2(CCCCC2)CC1. The maximum absolute atomic E-state index is 11.2. The lowest BCUT2D eigenvalue weighted by Crippen LogP contribution is -2.38. The largest absolute Gasteiger partial charge is 0.507 e. The van der Waals surface area contributed by atoms with Crippen molar-refractivity contribution in [1.29, 1.82) is 0 Å². The molecule has 0 aromatic heterocycles. The summed E-state index contributed by atoms with van der Waals surface area (Å²) in [7, 11) is 1.71. The van der Waals surface area contributed by atoms with E-state index in [0.29, 0.717) is 11.2 Å². The molecule has 0 aliphatic heterocycles. The molecule has 1 N–H and O–H groups in total. The first-order valence-corrected chi connectivity index (χ1v) is 13.4. The minimum atomic E-state index is 0.0414. The van der Waals surface area contributed by atoms with Crippen molar-refractivity contribution in [3.8, 4) is 22.6 Å². The molecule has 0 bridgehead atoms. The van der Waals surface area contributed by atoms with Gasteiger partial charge in [0.05, 0.1) is 7.11 Å². The van der Waals surface area contributed by atoms with Crippen LogP contribution in [0.5, 0.6) is 11.5 Å². The van der Waals surface area contributed by atoms with Crippen LogP contribution in [0.2, 0.25) is 0 Å². The van der Waals surface area contributed by atoms with Gasteiger partial charge in [-0.25, -0.2) is 0 Å². The summed E-state index contributed by atoms with van der Waals surface area (Å²) in [4.78, 5) is 1.12. The van der Waals surface area contributed by atoms with Crippen LogP contribution in [0.25, 0.3) is 21.9 Å². The average Bonchev–Trinajstić information content (AvgIpc) is 3.10. The van der Waals surface area contributed by atoms with Gasteiger partial charge in [-0.2, -0.15) is 0 Å². The number of rotatable bonds is 2. The van der Waals surface area contributed by atoms with Crippen molar-refractivity contribution >= 4 is 22.5 Å². The molecule has 2 saturated carbocycles. The fourth-order valence-corrected chi connectivity index (χ4v) is 7.79. The first-order valence-electron chi connectivity index (χ1n) is 12.1. The van der Waals surface area contributed by atoms with Crippen LogP contribution in [0.3, 0.4) is 0 Å². The van der Waals surface area contributed by atoms with Gasteiger partial charge in [0.1, 0.15) is 11.5 Å². The average molecular weight is 445 g/mol. The van der Waals surface area contributed by atoms with E-state index in [9.17, 15) is 5.11 Å². The number of fused-ring (bicyclic) bond motifs is 7. The third-order valence-electron chi connectivity index (χ3n) is 8.93. The van der Waals surface area contributed by atoms with Gasteiger partial charge in [-0.05, 0) is 96.0 Å². The van der Waals surface area contributed by atoms with Crippen LogP contribution in [0.15, 0.2) is 47.4 Å². The topological polar surface area (TPSA) is 29.5 Å². The molecular weight excluding hydrogens is 412 g/mol. The lowest BCUT2D eigenvalue weighted by Gasteiger charge is -2.48. The molecule has 3 aromatic rings. The molecule has 0 amide bonds. The van der Waals surface area contributed by atoms with Crippen molar-refractivity contribution in [1.82, 2.24) is 0 Å². The summed E-state index contributed by atoms with van der Waals surface area (Å²) >= 11 is 1.70. The molecule has 3 aromatic carbocycles. The van der Waals surface area contributed by atoms with E-state index in [1.807, 2.05) is 6.07 Å². The van der Waals surface area contributed by atoms with Crippen LogP contribution >= 0.6 is 11.8 Å². The Morgan fingerprint density at radius 3 is 2.31 bits per heavy atom. The minimum Gasteiger partial charge on any atom is -0.507 e. The van der Waals surface area contributed by atoms with E-state index < -0.39 is 0 Å². The quantitative estimate of drug-likeness (QED) is 0.405. The molecule has 3 aliphatic rings. The van der Waals surface area contributed by atoms with Gasteiger partial charge in [0.25, 0.3) is 0 Å². The van der Waals surface area contributed by atoms with E-state index in [4.69, 9.17) is 4.74 Å². The number of aromatic hydroxyl groups is 1. The number of ether oxygens (including phenoxy) is 1. The monoisotopic (exact) mass is 444 g/mol. The summed E-state index contributed by atoms with van der Waals surface area (Å²) in [6, 6.07) is 15.4. The van der Waals surface area contributed by atoms with Crippen molar-refractivity contribution in [3.63, 3.8) is 0 Å². The maximum Gasteiger partial charge on any atom is 0.133 e. The van der Waals surface area contributed by atoms with Crippen molar-refractivity contribution in [2.24, 2.45) is 5.41 Å². The molecular formula is C29H32O2S. The summed E-state index contributed by atoms with van der Waals surface area (Å²) in [5.74, 6) is 1.22. The molecule has 0 radical (unpaired) electrons. The molecule has 3 aliphatic carbocycles. The smallest absolute Gasteiger partial charge is 0.133 e. The highest BCUT2D eigenvalue weighted by molar-refractivity contribution is 7.98. The highest BCUT2D eigenvalue weighted by Gasteiger charge is 2.49. The number of phenols is 1. The Morgan fingerprint density at radius 1 is 0.844 bits per heavy atom. The van der Waals surface area contributed by atoms with Crippen molar-refractivity contribution in [2.45, 2.75) is 68.1 Å². The first-order chi connectivity index (χ1) is 15.6. The van der Waals surface area contributed by atoms with E-state index in [1.165, 1.54) is 80.0 Å². The lowest BCUT2D eigenvalue weighted by molar-refractivity contribution is 0.0951. The number of phenolic OH excluding ortho intramolecular Hbond substituents is 1. The second kappa shape index (κ2) is 7.45. The Bertz CT molecular complexity index is 1200. The summed E-state index contributed by atoms with van der Waals surface area (Å²) in [5.41, 5.74) is 6.15. The predicted octanol–water partition coefficient (Wildman–Crippen LogP) is 8.07. The number of thioether (sulfide) groups is 1. The predicted molar refractivity (Wildman–Crippen MR) is 134 cm³/mol. The first kappa shape index (κ1) is 20.5. The van der Waals surface area contributed by atoms with Gasteiger partial charge < -0.3 is 9.84 Å². The van der Waals surface area contributed by atoms with E-state index in [0.717, 1.165) is 21.4 Å². The van der Waals surface area contributed by atoms with Crippen molar-refractivity contribution in [3.05, 3.63) is 53.6 Å². The Morgan fingerprint density at radius 2 is 1.59 bits per heavy atom. The van der Waals surface area contributed by atoms with Gasteiger partial charge in [-0.1, -0.05) is 43.5 Å². The zero-order chi connectivity index (χ0) is 21.9. The Kier molecular flexibility index (Phi) is 4.77. The maximum atomic E-state index is 11.2. The summed E-state index contributed by atoms with van der Waals surface area (Å²) in [5, 5.41) is 13.2. The molecule has 0 unspecified atom stereocenters. The summed E-state index contributed by atoms with van der Waals surface area (Å²) < 4.78 is 5.63. The second-order valence-electron chi connectivity index (χ2n) is 10.3. The molecule has 2 nitrogen and oxygen atoms in total. The minimum absolute atomic E-state index is 0.0414. The van der Waals surface area contributed by atoms with E-state index in [1.54, 1.807) is 18.9 Å². The highest BCUT2D eigenvalue weighted by Crippen LogP contribution is 2.62. The van der Waals surface area contributed by atoms with E-state index in [2.05, 4.69) is 42.7 Å². The van der Waals surface area contributed by atoms with Gasteiger partial charge in [-0.3, -0.25) is 0 Å². The molecule has 6 rings (SSSR count). The summed E-state index contributed by atoms with van der Waals surface area (Å²) in [6.07, 6.45) is 14.2. The van der Waals surface area contributed by atoms with Crippen LogP contribution in [-0.4, -0.2) is 18.5 Å². The van der Waals surface area contributed by atoms with Crippen LogP contribution in [0.1, 0.15) is 68.9 Å². The molecule has 3 heteroatoms. The molecule has 2 fully saturated rings. The fraction of sp³-hybridized carbons (Fsp3) is 0.448. The van der Waals surface area contributed by atoms with Gasteiger partial charge >= 0.3 is 0 Å². The molecule has 0 saturated heterocycles. The third kappa shape index (κ3) is 2.79. The lowest BCUT2D eigenvalue weighted by atomic mass is 9.56. The van der Waals surface area contributed by atoms with Gasteiger partial charge in [0, 0.05) is 15.7 Å². The molecule has 32 heavy (non-hydrogen) atoms. The van der Waals surface area contributed by atoms with Crippen LogP contribution < -0.4 is 4.74 Å². The molecule has 166 valence electrons. The fourth-order valence-electron chi connectivity index (χ4n) is 7.21. The zero-order valence-corrected chi connectivity index (χ0v) is 20.0. The second-order valence-corrected chi connectivity index (χ2v) is 11.1. The molecule has 0 heterocycles. The number of hydrogen-bond donors (Lipinski definition) is 1. The standard InChI is InChI=1S/C29H32O2S/c1-31-25-16-20-21(17-26(25)32-2)27-19-8-4-5-9-22(19)29(23(27)18-24(20)30)14-12-28(13-15-29)10-6-3-7-11-28/h4-5,8-9,16-18,30H,3,6-7,10-15H2,1-2H3. The van der Waals surface area contributed by atoms with Gasteiger partial charge in [0.15, 0.2) is 0 Å². The van der Waals surface area contributed by atoms with Crippen molar-refractivity contribution < 1.29 is 9.84 Å². The Hall–Kier alpha value is -2.13. The van der Waals surface area contributed by atoms with Gasteiger partial charge in [-0.15, -0.1) is 11.8 Å². The Labute approximate surface area is 195 Å². The van der Waals surface area contributed by atoms with E-state index in [-0.39, 0.29) is 5.41 Å². The highest BCUT2D eigenvalue weighted by atomic mass is 32.2. The molecule has 0 atom stereocenters. The summed E-state index contributed by atoms with van der Waals surface area (Å²) in [6.45, 7) is 0. The number of benzene rings is 3. The normalized spacial score (nSPS) is 20.4. The number of methoxy groups -OCH3 is 1. The number of hydrogen-bond acceptors (Lipinski definition) is 3. The third-order valence-corrected chi connectivity index (χ3v) is 9.68. The molecule has 2 spiro atoms.